The highest BCUT2D eigenvalue weighted by Crippen LogP contribution is 2.51. The fraction of sp³-hybridized carbons (Fsp3) is 0.0714. The molecule has 218 valence electrons. The van der Waals surface area contributed by atoms with E-state index in [0.29, 0.717) is 17.5 Å². The Bertz CT molecular complexity index is 2430. The molecule has 0 saturated carbocycles. The Morgan fingerprint density at radius 3 is 1.74 bits per heavy atom. The molecule has 0 bridgehead atoms. The number of aromatic nitrogens is 3. The molecule has 8 aromatic rings. The molecule has 0 atom stereocenters. The molecule has 0 fully saturated rings. The van der Waals surface area contributed by atoms with Gasteiger partial charge >= 0.3 is 0 Å². The van der Waals surface area contributed by atoms with Crippen molar-refractivity contribution in [2.45, 2.75) is 19.3 Å². The molecule has 4 heteroatoms. The summed E-state index contributed by atoms with van der Waals surface area (Å²) in [6, 6.07) is 48.3. The zero-order valence-electron chi connectivity index (χ0n) is 25.5. The maximum absolute atomic E-state index is 6.55. The second-order valence-corrected chi connectivity index (χ2v) is 12.5. The third-order valence-corrected chi connectivity index (χ3v) is 9.36. The Kier molecular flexibility index (Phi) is 5.81. The zero-order valence-corrected chi connectivity index (χ0v) is 25.5. The van der Waals surface area contributed by atoms with Crippen molar-refractivity contribution in [2.75, 3.05) is 0 Å². The Morgan fingerprint density at radius 1 is 0.435 bits per heavy atom. The lowest BCUT2D eigenvalue weighted by molar-refractivity contribution is 0.647. The number of furan rings is 1. The molecule has 1 aliphatic rings. The van der Waals surface area contributed by atoms with E-state index in [1.807, 2.05) is 48.5 Å². The van der Waals surface area contributed by atoms with E-state index in [1.165, 1.54) is 27.8 Å². The van der Waals surface area contributed by atoms with Crippen molar-refractivity contribution in [3.63, 3.8) is 0 Å². The Balaban J connectivity index is 1.25. The first kappa shape index (κ1) is 26.5. The monoisotopic (exact) mass is 591 g/mol. The fourth-order valence-corrected chi connectivity index (χ4v) is 6.99. The van der Waals surface area contributed by atoms with E-state index in [4.69, 9.17) is 19.4 Å². The molecular weight excluding hydrogens is 562 g/mol. The SMILES string of the molecule is CC1(C)c2ccccc2-c2cc3c(cc21)oc1cccc(-c2nc(-c4ccccc4)nc(-c4ccc(-c5ccccc5)cc4)n2)c13. The lowest BCUT2D eigenvalue weighted by atomic mass is 9.82. The van der Waals surface area contributed by atoms with Crippen LogP contribution in [0.4, 0.5) is 0 Å². The van der Waals surface area contributed by atoms with Gasteiger partial charge in [-0.3, -0.25) is 0 Å². The van der Waals surface area contributed by atoms with E-state index in [9.17, 15) is 0 Å². The van der Waals surface area contributed by atoms with Gasteiger partial charge in [0.25, 0.3) is 0 Å². The van der Waals surface area contributed by atoms with Gasteiger partial charge < -0.3 is 4.42 Å². The molecule has 4 nitrogen and oxygen atoms in total. The summed E-state index contributed by atoms with van der Waals surface area (Å²) in [5.41, 5.74) is 11.9. The predicted octanol–water partition coefficient (Wildman–Crippen LogP) is 10.7. The minimum Gasteiger partial charge on any atom is -0.456 e. The molecule has 2 aromatic heterocycles. The summed E-state index contributed by atoms with van der Waals surface area (Å²) in [5, 5.41) is 2.07. The first-order valence-corrected chi connectivity index (χ1v) is 15.6. The molecular formula is C42H29N3O. The van der Waals surface area contributed by atoms with Crippen LogP contribution in [0.25, 0.3) is 78.4 Å². The fourth-order valence-electron chi connectivity index (χ4n) is 6.99. The van der Waals surface area contributed by atoms with Crippen LogP contribution in [0.2, 0.25) is 0 Å². The van der Waals surface area contributed by atoms with Gasteiger partial charge in [-0.05, 0) is 51.6 Å². The maximum Gasteiger partial charge on any atom is 0.164 e. The second kappa shape index (κ2) is 10.1. The standard InChI is InChI=1S/C42H29N3O/c1-42(2)34-18-10-9-16-30(34)32-24-33-37(25-35(32)42)46-36-19-11-17-31(38(33)36)41-44-39(28-14-7-4-8-15-28)43-40(45-41)29-22-20-27(21-23-29)26-12-5-3-6-13-26/h3-25H,1-2H3. The normalized spacial score (nSPS) is 13.2. The maximum atomic E-state index is 6.55. The average Bonchev–Trinajstić information content (AvgIpc) is 3.59. The van der Waals surface area contributed by atoms with Gasteiger partial charge in [0.05, 0.1) is 0 Å². The molecule has 0 spiro atoms. The molecule has 9 rings (SSSR count). The number of hydrogen-bond donors (Lipinski definition) is 0. The van der Waals surface area contributed by atoms with Crippen LogP contribution in [0.15, 0.2) is 144 Å². The highest BCUT2D eigenvalue weighted by molar-refractivity contribution is 6.13. The van der Waals surface area contributed by atoms with Crippen molar-refractivity contribution >= 4 is 21.9 Å². The van der Waals surface area contributed by atoms with E-state index in [1.54, 1.807) is 0 Å². The lowest BCUT2D eigenvalue weighted by Crippen LogP contribution is -2.14. The van der Waals surface area contributed by atoms with E-state index < -0.39 is 0 Å². The van der Waals surface area contributed by atoms with Gasteiger partial charge in [-0.15, -0.1) is 0 Å². The summed E-state index contributed by atoms with van der Waals surface area (Å²) >= 11 is 0. The number of fused-ring (bicyclic) bond motifs is 6. The van der Waals surface area contributed by atoms with Gasteiger partial charge in [-0.2, -0.15) is 0 Å². The third-order valence-electron chi connectivity index (χ3n) is 9.36. The first-order valence-electron chi connectivity index (χ1n) is 15.6. The van der Waals surface area contributed by atoms with E-state index in [2.05, 4.69) is 105 Å². The van der Waals surface area contributed by atoms with Crippen LogP contribution in [0.1, 0.15) is 25.0 Å². The first-order chi connectivity index (χ1) is 22.5. The second-order valence-electron chi connectivity index (χ2n) is 12.5. The summed E-state index contributed by atoms with van der Waals surface area (Å²) in [5.74, 6) is 1.88. The summed E-state index contributed by atoms with van der Waals surface area (Å²) in [6.45, 7) is 4.59. The molecule has 2 heterocycles. The van der Waals surface area contributed by atoms with Crippen molar-refractivity contribution in [1.82, 2.24) is 15.0 Å². The van der Waals surface area contributed by atoms with Crippen molar-refractivity contribution in [3.05, 3.63) is 151 Å². The predicted molar refractivity (Wildman–Crippen MR) is 186 cm³/mol. The largest absolute Gasteiger partial charge is 0.456 e. The van der Waals surface area contributed by atoms with E-state index >= 15 is 0 Å². The quantitative estimate of drug-likeness (QED) is 0.204. The van der Waals surface area contributed by atoms with Crippen LogP contribution in [-0.4, -0.2) is 15.0 Å². The number of nitrogens with zero attached hydrogens (tertiary/aromatic N) is 3. The Hall–Kier alpha value is -5.87. The smallest absolute Gasteiger partial charge is 0.164 e. The molecule has 0 unspecified atom stereocenters. The van der Waals surface area contributed by atoms with Gasteiger partial charge in [0.2, 0.25) is 0 Å². The summed E-state index contributed by atoms with van der Waals surface area (Å²) < 4.78 is 6.55. The van der Waals surface area contributed by atoms with Gasteiger partial charge in [-0.1, -0.05) is 135 Å². The molecule has 1 aliphatic carbocycles. The van der Waals surface area contributed by atoms with Crippen molar-refractivity contribution < 1.29 is 4.42 Å². The van der Waals surface area contributed by atoms with Gasteiger partial charge in [0.15, 0.2) is 17.5 Å². The summed E-state index contributed by atoms with van der Waals surface area (Å²) in [4.78, 5) is 15.1. The van der Waals surface area contributed by atoms with Crippen LogP contribution in [0, 0.1) is 0 Å². The van der Waals surface area contributed by atoms with Crippen LogP contribution in [0.5, 0.6) is 0 Å². The number of hydrogen-bond acceptors (Lipinski definition) is 4. The van der Waals surface area contributed by atoms with Gasteiger partial charge in [0.1, 0.15) is 11.2 Å². The van der Waals surface area contributed by atoms with Crippen LogP contribution in [-0.2, 0) is 5.41 Å². The molecule has 46 heavy (non-hydrogen) atoms. The number of benzene rings is 6. The van der Waals surface area contributed by atoms with E-state index in [0.717, 1.165) is 44.2 Å². The van der Waals surface area contributed by atoms with Crippen LogP contribution < -0.4 is 0 Å². The van der Waals surface area contributed by atoms with Crippen molar-refractivity contribution in [1.29, 1.82) is 0 Å². The molecule has 0 radical (unpaired) electrons. The van der Waals surface area contributed by atoms with Crippen molar-refractivity contribution in [3.8, 4) is 56.4 Å². The minimum absolute atomic E-state index is 0.105. The van der Waals surface area contributed by atoms with Gasteiger partial charge in [-0.25, -0.2) is 15.0 Å². The lowest BCUT2D eigenvalue weighted by Gasteiger charge is -2.21. The Morgan fingerprint density at radius 2 is 1.00 bits per heavy atom. The molecule has 0 N–H and O–H groups in total. The van der Waals surface area contributed by atoms with Gasteiger partial charge in [0, 0.05) is 32.9 Å². The molecule has 6 aromatic carbocycles. The minimum atomic E-state index is -0.105. The molecule has 0 amide bonds. The van der Waals surface area contributed by atoms with Crippen LogP contribution in [0.3, 0.4) is 0 Å². The topological polar surface area (TPSA) is 51.8 Å². The van der Waals surface area contributed by atoms with Crippen molar-refractivity contribution in [2.24, 2.45) is 0 Å². The third kappa shape index (κ3) is 4.11. The Labute approximate surface area is 267 Å². The average molecular weight is 592 g/mol. The summed E-state index contributed by atoms with van der Waals surface area (Å²) in [6.07, 6.45) is 0. The van der Waals surface area contributed by atoms with Crippen LogP contribution >= 0.6 is 0 Å². The number of rotatable bonds is 4. The highest BCUT2D eigenvalue weighted by atomic mass is 16.3. The summed E-state index contributed by atoms with van der Waals surface area (Å²) in [7, 11) is 0. The molecule has 0 aliphatic heterocycles. The zero-order chi connectivity index (χ0) is 30.8. The van der Waals surface area contributed by atoms with E-state index in [-0.39, 0.29) is 5.41 Å². The highest BCUT2D eigenvalue weighted by Gasteiger charge is 2.36. The molecule has 0 saturated heterocycles.